The lowest BCUT2D eigenvalue weighted by Crippen LogP contribution is -2.41. The number of carbonyl (C=O) groups is 1. The van der Waals surface area contributed by atoms with Gasteiger partial charge in [-0.25, -0.2) is 12.8 Å². The quantitative estimate of drug-likeness (QED) is 0.348. The first kappa shape index (κ1) is 27.3. The third kappa shape index (κ3) is 6.92. The van der Waals surface area contributed by atoms with Gasteiger partial charge < -0.3 is 14.8 Å². The molecule has 1 amide bonds. The van der Waals surface area contributed by atoms with Crippen molar-refractivity contribution < 1.29 is 27.1 Å². The second-order valence-corrected chi connectivity index (χ2v) is 10.8. The normalized spacial score (nSPS) is 11.1. The maximum absolute atomic E-state index is 13.5. The predicted octanol–water partition coefficient (Wildman–Crippen LogP) is 4.40. The van der Waals surface area contributed by atoms with E-state index in [9.17, 15) is 17.6 Å². The molecular formula is C26H29FN2O5S2. The summed E-state index contributed by atoms with van der Waals surface area (Å²) in [6.45, 7) is 1.97. The van der Waals surface area contributed by atoms with E-state index in [4.69, 9.17) is 9.47 Å². The number of ether oxygens (including phenoxy) is 2. The fourth-order valence-electron chi connectivity index (χ4n) is 3.43. The number of hydrogen-bond donors (Lipinski definition) is 1. The summed E-state index contributed by atoms with van der Waals surface area (Å²) in [6.07, 6.45) is 0. The highest BCUT2D eigenvalue weighted by molar-refractivity contribution is 7.98. The van der Waals surface area contributed by atoms with Crippen molar-refractivity contribution in [3.05, 3.63) is 83.7 Å². The Morgan fingerprint density at radius 3 is 2.36 bits per heavy atom. The molecule has 0 saturated heterocycles. The van der Waals surface area contributed by atoms with Gasteiger partial charge >= 0.3 is 0 Å². The van der Waals surface area contributed by atoms with Crippen molar-refractivity contribution in [1.29, 1.82) is 0 Å². The average molecular weight is 533 g/mol. The minimum Gasteiger partial charge on any atom is -0.493 e. The molecule has 0 radical (unpaired) electrons. The summed E-state index contributed by atoms with van der Waals surface area (Å²) in [6, 6.07) is 17.2. The molecule has 1 N–H and O–H groups in total. The van der Waals surface area contributed by atoms with E-state index in [0.717, 1.165) is 22.2 Å². The van der Waals surface area contributed by atoms with Gasteiger partial charge in [0.25, 0.3) is 10.0 Å². The first-order chi connectivity index (χ1) is 17.3. The van der Waals surface area contributed by atoms with Crippen LogP contribution in [0.2, 0.25) is 0 Å². The molecule has 3 aromatic carbocycles. The van der Waals surface area contributed by atoms with Crippen molar-refractivity contribution >= 4 is 33.4 Å². The van der Waals surface area contributed by atoms with E-state index in [1.54, 1.807) is 11.8 Å². The number of sulfonamides is 1. The second-order valence-electron chi connectivity index (χ2n) is 7.83. The zero-order chi connectivity index (χ0) is 26.1. The fourth-order valence-corrected chi connectivity index (χ4v) is 5.80. The molecule has 0 aliphatic rings. The second kappa shape index (κ2) is 12.6. The van der Waals surface area contributed by atoms with Gasteiger partial charge in [0.2, 0.25) is 5.91 Å². The lowest BCUT2D eigenvalue weighted by atomic mass is 10.1. The molecule has 3 aromatic rings. The summed E-state index contributed by atoms with van der Waals surface area (Å²) >= 11 is 1.68. The Bertz CT molecular complexity index is 1280. The Morgan fingerprint density at radius 2 is 1.69 bits per heavy atom. The summed E-state index contributed by atoms with van der Waals surface area (Å²) < 4.78 is 52.0. The Kier molecular flexibility index (Phi) is 9.60. The van der Waals surface area contributed by atoms with Crippen LogP contribution >= 0.6 is 11.8 Å². The van der Waals surface area contributed by atoms with Crippen molar-refractivity contribution in [2.45, 2.75) is 17.6 Å². The van der Waals surface area contributed by atoms with Gasteiger partial charge in [0.1, 0.15) is 12.4 Å². The predicted molar refractivity (Wildman–Crippen MR) is 141 cm³/mol. The number of aryl methyl sites for hydroxylation is 1. The Labute approximate surface area is 215 Å². The highest BCUT2D eigenvalue weighted by Gasteiger charge is 2.28. The topological polar surface area (TPSA) is 84.9 Å². The highest BCUT2D eigenvalue weighted by Crippen LogP contribution is 2.32. The van der Waals surface area contributed by atoms with E-state index in [1.165, 1.54) is 55.7 Å². The van der Waals surface area contributed by atoms with Crippen molar-refractivity contribution in [3.8, 4) is 11.5 Å². The molecule has 3 rings (SSSR count). The van der Waals surface area contributed by atoms with Crippen molar-refractivity contribution in [2.24, 2.45) is 0 Å². The summed E-state index contributed by atoms with van der Waals surface area (Å²) in [5.74, 6) is 1.09. The van der Waals surface area contributed by atoms with Crippen LogP contribution in [0.1, 0.15) is 11.1 Å². The number of hydrogen-bond acceptors (Lipinski definition) is 6. The largest absolute Gasteiger partial charge is 0.493 e. The van der Waals surface area contributed by atoms with Gasteiger partial charge in [-0.1, -0.05) is 24.3 Å². The van der Waals surface area contributed by atoms with Gasteiger partial charge in [-0.05, 0) is 54.4 Å². The number of benzene rings is 3. The number of nitrogens with zero attached hydrogens (tertiary/aromatic N) is 1. The molecule has 0 aromatic heterocycles. The molecule has 0 spiro atoms. The van der Waals surface area contributed by atoms with Gasteiger partial charge in [0, 0.05) is 24.1 Å². The van der Waals surface area contributed by atoms with E-state index in [2.05, 4.69) is 24.4 Å². The summed E-state index contributed by atoms with van der Waals surface area (Å²) in [5.41, 5.74) is 2.61. The van der Waals surface area contributed by atoms with Crippen LogP contribution in [0.5, 0.6) is 11.5 Å². The molecule has 7 nitrogen and oxygen atoms in total. The van der Waals surface area contributed by atoms with E-state index in [-0.39, 0.29) is 16.3 Å². The number of methoxy groups -OCH3 is 2. The molecule has 192 valence electrons. The minimum atomic E-state index is -4.19. The zero-order valence-electron chi connectivity index (χ0n) is 20.4. The summed E-state index contributed by atoms with van der Waals surface area (Å²) in [5, 5.41) is 2.77. The number of rotatable bonds is 12. The molecule has 0 bridgehead atoms. The summed E-state index contributed by atoms with van der Waals surface area (Å²) in [4.78, 5) is 12.6. The third-order valence-electron chi connectivity index (χ3n) is 5.43. The van der Waals surface area contributed by atoms with Crippen LogP contribution in [0.25, 0.3) is 0 Å². The number of nitrogens with one attached hydrogen (secondary N) is 1. The number of anilines is 1. The SMILES string of the molecule is COc1ccc(S(=O)(=O)N(CC(=O)NCCSCc2ccccc2C)c2ccc(F)cc2)cc1OC. The molecule has 0 heterocycles. The van der Waals surface area contributed by atoms with Crippen LogP contribution in [-0.4, -0.2) is 47.4 Å². The van der Waals surface area contributed by atoms with Crippen LogP contribution in [0, 0.1) is 12.7 Å². The van der Waals surface area contributed by atoms with Gasteiger partial charge in [0.15, 0.2) is 11.5 Å². The Hall–Kier alpha value is -3.24. The number of thioether (sulfide) groups is 1. The first-order valence-electron chi connectivity index (χ1n) is 11.2. The monoisotopic (exact) mass is 532 g/mol. The molecule has 0 aliphatic carbocycles. The Morgan fingerprint density at radius 1 is 1.00 bits per heavy atom. The van der Waals surface area contributed by atoms with E-state index >= 15 is 0 Å². The van der Waals surface area contributed by atoms with Crippen LogP contribution in [0.15, 0.2) is 71.6 Å². The lowest BCUT2D eigenvalue weighted by molar-refractivity contribution is -0.119. The number of halogens is 1. The molecule has 0 fully saturated rings. The maximum atomic E-state index is 13.5. The standard InChI is InChI=1S/C26H29FN2O5S2/c1-19-6-4-5-7-20(19)18-35-15-14-28-26(30)17-29(22-10-8-21(27)9-11-22)36(31,32)23-12-13-24(33-2)25(16-23)34-3/h4-13,16H,14-15,17-18H2,1-3H3,(H,28,30). The average Bonchev–Trinajstić information content (AvgIpc) is 2.88. The summed E-state index contributed by atoms with van der Waals surface area (Å²) in [7, 11) is -1.34. The van der Waals surface area contributed by atoms with Gasteiger partial charge in [-0.2, -0.15) is 11.8 Å². The third-order valence-corrected chi connectivity index (χ3v) is 8.21. The van der Waals surface area contributed by atoms with Crippen LogP contribution < -0.4 is 19.1 Å². The smallest absolute Gasteiger partial charge is 0.264 e. The van der Waals surface area contributed by atoms with Crippen molar-refractivity contribution in [3.63, 3.8) is 0 Å². The molecule has 0 saturated carbocycles. The molecule has 0 unspecified atom stereocenters. The zero-order valence-corrected chi connectivity index (χ0v) is 22.0. The van der Waals surface area contributed by atoms with Crippen molar-refractivity contribution in [2.75, 3.05) is 37.4 Å². The van der Waals surface area contributed by atoms with E-state index in [0.29, 0.717) is 18.0 Å². The van der Waals surface area contributed by atoms with Gasteiger partial charge in [0.05, 0.1) is 24.8 Å². The van der Waals surface area contributed by atoms with Crippen LogP contribution in [-0.2, 0) is 20.6 Å². The molecular weight excluding hydrogens is 503 g/mol. The van der Waals surface area contributed by atoms with Crippen LogP contribution in [0.3, 0.4) is 0 Å². The minimum absolute atomic E-state index is 0.0916. The molecule has 0 aliphatic heterocycles. The molecule has 36 heavy (non-hydrogen) atoms. The highest BCUT2D eigenvalue weighted by atomic mass is 32.2. The maximum Gasteiger partial charge on any atom is 0.264 e. The van der Waals surface area contributed by atoms with Gasteiger partial charge in [-0.3, -0.25) is 9.10 Å². The van der Waals surface area contributed by atoms with Crippen LogP contribution in [0.4, 0.5) is 10.1 Å². The molecule has 0 atom stereocenters. The number of carbonyl (C=O) groups excluding carboxylic acids is 1. The van der Waals surface area contributed by atoms with E-state index in [1.807, 2.05) is 12.1 Å². The van der Waals surface area contributed by atoms with Crippen molar-refractivity contribution in [1.82, 2.24) is 5.32 Å². The Balaban J connectivity index is 1.71. The number of amides is 1. The fraction of sp³-hybridized carbons (Fsp3) is 0.269. The lowest BCUT2D eigenvalue weighted by Gasteiger charge is -2.24. The van der Waals surface area contributed by atoms with Gasteiger partial charge in [-0.15, -0.1) is 0 Å². The first-order valence-corrected chi connectivity index (χ1v) is 13.7. The molecule has 10 heteroatoms. The van der Waals surface area contributed by atoms with E-state index < -0.39 is 28.3 Å².